The molecule has 1 saturated carbocycles. The van der Waals surface area contributed by atoms with Gasteiger partial charge in [-0.1, -0.05) is 12.2 Å². The number of nitrogens with two attached hydrogens (primary N) is 1. The largest absolute Gasteiger partial charge is 0.370 e. The highest BCUT2D eigenvalue weighted by atomic mass is 16.2. The molecule has 2 fully saturated rings. The van der Waals surface area contributed by atoms with Crippen molar-refractivity contribution in [2.75, 3.05) is 26.2 Å². The fraction of sp³-hybridized carbons (Fsp3) is 0.688. The van der Waals surface area contributed by atoms with Crippen LogP contribution in [0.5, 0.6) is 0 Å². The molecule has 2 aliphatic carbocycles. The number of carbonyl (C=O) groups excluding carboxylic acids is 2. The molecule has 6 heteroatoms. The zero-order valence-corrected chi connectivity index (χ0v) is 13.2. The molecule has 2 amide bonds. The van der Waals surface area contributed by atoms with E-state index in [9.17, 15) is 9.59 Å². The molecule has 0 aromatic carbocycles. The first-order valence-electron chi connectivity index (χ1n) is 8.16. The molecule has 22 heavy (non-hydrogen) atoms. The summed E-state index contributed by atoms with van der Waals surface area (Å²) >= 11 is 0. The van der Waals surface area contributed by atoms with Gasteiger partial charge >= 0.3 is 0 Å². The summed E-state index contributed by atoms with van der Waals surface area (Å²) in [5.74, 6) is 0.748. The third-order valence-electron chi connectivity index (χ3n) is 5.25. The van der Waals surface area contributed by atoms with Crippen LogP contribution in [-0.4, -0.2) is 53.8 Å². The number of aliphatic imine (C=N–C) groups is 1. The summed E-state index contributed by atoms with van der Waals surface area (Å²) in [5.41, 5.74) is 5.92. The summed E-state index contributed by atoms with van der Waals surface area (Å²) in [6.45, 7) is 6.35. The summed E-state index contributed by atoms with van der Waals surface area (Å²) in [5, 5.41) is 0. The quantitative estimate of drug-likeness (QED) is 0.346. The summed E-state index contributed by atoms with van der Waals surface area (Å²) in [6, 6.07) is 0. The second kappa shape index (κ2) is 5.74. The van der Waals surface area contributed by atoms with Crippen LogP contribution in [0.4, 0.5) is 0 Å². The minimum absolute atomic E-state index is 0.0107. The Morgan fingerprint density at radius 1 is 1.23 bits per heavy atom. The maximum atomic E-state index is 12.5. The first-order valence-corrected chi connectivity index (χ1v) is 8.16. The van der Waals surface area contributed by atoms with Crippen LogP contribution in [0.15, 0.2) is 17.1 Å². The number of guanidine groups is 1. The summed E-state index contributed by atoms with van der Waals surface area (Å²) < 4.78 is 0. The number of likely N-dealkylation sites (tertiary alicyclic amines) is 1. The number of rotatable bonds is 5. The first kappa shape index (κ1) is 15.1. The predicted octanol–water partition coefficient (Wildman–Crippen LogP) is 0.450. The molecule has 1 aliphatic heterocycles. The van der Waals surface area contributed by atoms with Crippen molar-refractivity contribution in [3.8, 4) is 0 Å². The second-order valence-corrected chi connectivity index (χ2v) is 6.24. The van der Waals surface area contributed by atoms with Gasteiger partial charge in [-0.3, -0.25) is 19.5 Å². The van der Waals surface area contributed by atoms with Crippen molar-refractivity contribution < 1.29 is 9.59 Å². The van der Waals surface area contributed by atoms with E-state index in [1.165, 1.54) is 4.90 Å². The Kier molecular flexibility index (Phi) is 3.93. The first-order chi connectivity index (χ1) is 10.6. The van der Waals surface area contributed by atoms with Gasteiger partial charge in [0.1, 0.15) is 0 Å². The van der Waals surface area contributed by atoms with Crippen molar-refractivity contribution in [2.45, 2.75) is 20.3 Å². The van der Waals surface area contributed by atoms with Crippen LogP contribution in [-0.2, 0) is 9.59 Å². The van der Waals surface area contributed by atoms with E-state index < -0.39 is 0 Å². The highest BCUT2D eigenvalue weighted by molar-refractivity contribution is 6.06. The molecular formula is C16H24N4O2. The van der Waals surface area contributed by atoms with Crippen molar-refractivity contribution in [3.05, 3.63) is 12.2 Å². The number of allylic oxidation sites excluding steroid dienone is 2. The Bertz CT molecular complexity index is 508. The van der Waals surface area contributed by atoms with Gasteiger partial charge in [-0.05, 0) is 32.1 Å². The smallest absolute Gasteiger partial charge is 0.233 e. The van der Waals surface area contributed by atoms with E-state index in [0.717, 1.165) is 19.5 Å². The number of carbonyl (C=O) groups is 2. The minimum atomic E-state index is -0.119. The number of imide groups is 1. The van der Waals surface area contributed by atoms with Gasteiger partial charge in [0.25, 0.3) is 0 Å². The third-order valence-corrected chi connectivity index (χ3v) is 5.25. The number of amides is 2. The SMILES string of the molecule is CCN(CC)C(N)=NCCN1C(=O)C2C3C=CC(C3)C2C1=O. The molecule has 1 heterocycles. The fourth-order valence-corrected chi connectivity index (χ4v) is 4.10. The van der Waals surface area contributed by atoms with Crippen molar-refractivity contribution in [1.82, 2.24) is 9.80 Å². The minimum Gasteiger partial charge on any atom is -0.370 e. The van der Waals surface area contributed by atoms with Crippen LogP contribution >= 0.6 is 0 Å². The zero-order valence-electron chi connectivity index (χ0n) is 13.2. The average molecular weight is 304 g/mol. The van der Waals surface area contributed by atoms with Crippen molar-refractivity contribution in [1.29, 1.82) is 0 Å². The van der Waals surface area contributed by atoms with Gasteiger partial charge in [0.2, 0.25) is 11.8 Å². The van der Waals surface area contributed by atoms with Gasteiger partial charge < -0.3 is 10.6 Å². The van der Waals surface area contributed by atoms with Crippen LogP contribution in [0.25, 0.3) is 0 Å². The van der Waals surface area contributed by atoms with Gasteiger partial charge in [0.05, 0.1) is 18.4 Å². The number of hydrogen-bond donors (Lipinski definition) is 1. The van der Waals surface area contributed by atoms with E-state index >= 15 is 0 Å². The number of hydrogen-bond acceptors (Lipinski definition) is 3. The third kappa shape index (κ3) is 2.21. The van der Waals surface area contributed by atoms with Crippen molar-refractivity contribution in [2.24, 2.45) is 34.4 Å². The van der Waals surface area contributed by atoms with Crippen LogP contribution in [0, 0.1) is 23.7 Å². The molecule has 120 valence electrons. The summed E-state index contributed by atoms with van der Waals surface area (Å²) in [6.07, 6.45) is 5.18. The van der Waals surface area contributed by atoms with Crippen LogP contribution in [0.3, 0.4) is 0 Å². The molecular weight excluding hydrogens is 280 g/mol. The molecule has 0 radical (unpaired) electrons. The van der Waals surface area contributed by atoms with Gasteiger partial charge in [0, 0.05) is 19.6 Å². The molecule has 4 atom stereocenters. The molecule has 3 aliphatic rings. The van der Waals surface area contributed by atoms with Crippen LogP contribution in [0.1, 0.15) is 20.3 Å². The van der Waals surface area contributed by atoms with E-state index in [1.807, 2.05) is 18.7 Å². The fourth-order valence-electron chi connectivity index (χ4n) is 4.10. The lowest BCUT2D eigenvalue weighted by Crippen LogP contribution is -2.39. The predicted molar refractivity (Wildman–Crippen MR) is 83.8 cm³/mol. The van der Waals surface area contributed by atoms with Gasteiger partial charge in [-0.15, -0.1) is 0 Å². The average Bonchev–Trinajstić information content (AvgIpc) is 3.17. The Labute approximate surface area is 131 Å². The lowest BCUT2D eigenvalue weighted by molar-refractivity contribution is -0.140. The number of nitrogens with zero attached hydrogens (tertiary/aromatic N) is 3. The topological polar surface area (TPSA) is 79.0 Å². The molecule has 4 unspecified atom stereocenters. The lowest BCUT2D eigenvalue weighted by Gasteiger charge is -2.20. The molecule has 6 nitrogen and oxygen atoms in total. The summed E-state index contributed by atoms with van der Waals surface area (Å²) in [7, 11) is 0. The Morgan fingerprint density at radius 3 is 2.27 bits per heavy atom. The van der Waals surface area contributed by atoms with E-state index in [4.69, 9.17) is 5.73 Å². The Balaban J connectivity index is 1.62. The van der Waals surface area contributed by atoms with Crippen molar-refractivity contribution >= 4 is 17.8 Å². The monoisotopic (exact) mass is 304 g/mol. The highest BCUT2D eigenvalue weighted by Gasteiger charge is 2.58. The molecule has 0 aromatic rings. The van der Waals surface area contributed by atoms with Crippen molar-refractivity contribution in [3.63, 3.8) is 0 Å². The van der Waals surface area contributed by atoms with E-state index in [-0.39, 0.29) is 35.5 Å². The molecule has 2 N–H and O–H groups in total. The molecule has 1 saturated heterocycles. The molecule has 0 spiro atoms. The van der Waals surface area contributed by atoms with Crippen LogP contribution < -0.4 is 5.73 Å². The Morgan fingerprint density at radius 2 is 1.77 bits per heavy atom. The zero-order chi connectivity index (χ0) is 15.9. The maximum Gasteiger partial charge on any atom is 0.233 e. The maximum absolute atomic E-state index is 12.5. The van der Waals surface area contributed by atoms with E-state index in [2.05, 4.69) is 17.1 Å². The van der Waals surface area contributed by atoms with E-state index in [1.54, 1.807) is 0 Å². The van der Waals surface area contributed by atoms with Gasteiger partial charge in [-0.25, -0.2) is 0 Å². The Hall–Kier alpha value is -1.85. The molecule has 2 bridgehead atoms. The second-order valence-electron chi connectivity index (χ2n) is 6.24. The standard InChI is InChI=1S/C16H24N4O2/c1-3-19(4-2)16(17)18-7-8-20-14(21)12-10-5-6-11(9-10)13(12)15(20)22/h5-6,10-13H,3-4,7-9H2,1-2H3,(H2,17,18). The van der Waals surface area contributed by atoms with Gasteiger partial charge in [0.15, 0.2) is 5.96 Å². The van der Waals surface area contributed by atoms with Gasteiger partial charge in [-0.2, -0.15) is 0 Å². The van der Waals surface area contributed by atoms with Crippen LogP contribution in [0.2, 0.25) is 0 Å². The lowest BCUT2D eigenvalue weighted by atomic mass is 9.85. The number of fused-ring (bicyclic) bond motifs is 5. The highest BCUT2D eigenvalue weighted by Crippen LogP contribution is 2.52. The molecule has 3 rings (SSSR count). The van der Waals surface area contributed by atoms with E-state index in [0.29, 0.717) is 19.0 Å². The normalized spacial score (nSPS) is 33.0. The summed E-state index contributed by atoms with van der Waals surface area (Å²) in [4.78, 5) is 32.6. The molecule has 0 aromatic heterocycles.